The van der Waals surface area contributed by atoms with Gasteiger partial charge < -0.3 is 14.4 Å². The molecule has 0 saturated carbocycles. The van der Waals surface area contributed by atoms with Crippen molar-refractivity contribution < 1.29 is 9.84 Å². The molecule has 0 aliphatic rings. The Morgan fingerprint density at radius 1 is 1.20 bits per heavy atom. The second-order valence-corrected chi connectivity index (χ2v) is 6.52. The molecule has 6 heteroatoms. The first-order valence-electron chi connectivity index (χ1n) is 8.09. The average Bonchev–Trinajstić information content (AvgIpc) is 3.00. The summed E-state index contributed by atoms with van der Waals surface area (Å²) in [5.74, 6) is 1.42. The van der Waals surface area contributed by atoms with Crippen molar-refractivity contribution in [3.05, 3.63) is 65.8 Å². The van der Waals surface area contributed by atoms with E-state index in [0.717, 1.165) is 22.7 Å². The highest BCUT2D eigenvalue weighted by Crippen LogP contribution is 2.25. The van der Waals surface area contributed by atoms with Crippen LogP contribution in [0.1, 0.15) is 36.6 Å². The zero-order chi connectivity index (χ0) is 18.0. The molecule has 1 N–H and O–H groups in total. The second kappa shape index (κ2) is 6.64. The maximum Gasteiger partial charge on any atom is 0.143 e. The monoisotopic (exact) mass is 338 g/mol. The van der Waals surface area contributed by atoms with Gasteiger partial charge >= 0.3 is 0 Å². The van der Waals surface area contributed by atoms with Gasteiger partial charge in [-0.1, -0.05) is 6.07 Å². The van der Waals surface area contributed by atoms with E-state index in [1.165, 1.54) is 0 Å². The third-order valence-electron chi connectivity index (χ3n) is 3.93. The summed E-state index contributed by atoms with van der Waals surface area (Å²) in [6, 6.07) is 7.72. The number of rotatable bonds is 5. The Morgan fingerprint density at radius 2 is 2.00 bits per heavy atom. The molecule has 0 bridgehead atoms. The maximum absolute atomic E-state index is 10.1. The molecule has 6 nitrogen and oxygen atoms in total. The van der Waals surface area contributed by atoms with Gasteiger partial charge in [-0.15, -0.1) is 0 Å². The van der Waals surface area contributed by atoms with Crippen LogP contribution in [0, 0.1) is 6.92 Å². The van der Waals surface area contributed by atoms with Crippen LogP contribution in [0.5, 0.6) is 5.75 Å². The smallest absolute Gasteiger partial charge is 0.143 e. The minimum atomic E-state index is -0.988. The normalized spacial score (nSPS) is 11.6. The first-order chi connectivity index (χ1) is 11.9. The highest BCUT2D eigenvalue weighted by atomic mass is 16.5. The van der Waals surface area contributed by atoms with Crippen LogP contribution in [-0.2, 0) is 12.0 Å². The van der Waals surface area contributed by atoms with Crippen molar-refractivity contribution in [1.82, 2.24) is 19.5 Å². The summed E-state index contributed by atoms with van der Waals surface area (Å²) in [4.78, 5) is 13.0. The molecule has 0 radical (unpaired) electrons. The van der Waals surface area contributed by atoms with Crippen molar-refractivity contribution >= 4 is 0 Å². The standard InChI is InChI=1S/C19H22N4O2/c1-13-11-23(12-21-13)15-6-5-14(9-16(15)25-4)10-18-20-8-7-17(22-18)19(2,3)24/h5-9,11-12,24H,10H2,1-4H3. The van der Waals surface area contributed by atoms with Crippen LogP contribution in [0.4, 0.5) is 0 Å². The van der Waals surface area contributed by atoms with Gasteiger partial charge in [0.2, 0.25) is 0 Å². The topological polar surface area (TPSA) is 73.1 Å². The number of ether oxygens (including phenoxy) is 1. The molecule has 1 aromatic carbocycles. The molecule has 25 heavy (non-hydrogen) atoms. The summed E-state index contributed by atoms with van der Waals surface area (Å²) < 4.78 is 7.47. The van der Waals surface area contributed by atoms with E-state index < -0.39 is 5.60 Å². The summed E-state index contributed by atoms with van der Waals surface area (Å²) in [6.07, 6.45) is 5.95. The fourth-order valence-electron chi connectivity index (χ4n) is 2.61. The van der Waals surface area contributed by atoms with Crippen LogP contribution < -0.4 is 4.74 Å². The number of imidazole rings is 1. The number of hydrogen-bond acceptors (Lipinski definition) is 5. The summed E-state index contributed by atoms with van der Waals surface area (Å²) in [7, 11) is 1.65. The number of aromatic nitrogens is 4. The van der Waals surface area contributed by atoms with Crippen molar-refractivity contribution in [2.24, 2.45) is 0 Å². The number of aliphatic hydroxyl groups is 1. The molecule has 130 valence electrons. The van der Waals surface area contributed by atoms with Crippen molar-refractivity contribution in [2.45, 2.75) is 32.8 Å². The van der Waals surface area contributed by atoms with Crippen molar-refractivity contribution in [3.63, 3.8) is 0 Å². The van der Waals surface area contributed by atoms with Crippen LogP contribution >= 0.6 is 0 Å². The Morgan fingerprint density at radius 3 is 2.64 bits per heavy atom. The van der Waals surface area contributed by atoms with Crippen molar-refractivity contribution in [2.75, 3.05) is 7.11 Å². The van der Waals surface area contributed by atoms with Crippen molar-refractivity contribution in [3.8, 4) is 11.4 Å². The van der Waals surface area contributed by atoms with E-state index in [0.29, 0.717) is 17.9 Å². The van der Waals surface area contributed by atoms with Gasteiger partial charge in [0.1, 0.15) is 17.2 Å². The van der Waals surface area contributed by atoms with Gasteiger partial charge in [0.15, 0.2) is 0 Å². The third kappa shape index (κ3) is 3.85. The summed E-state index contributed by atoms with van der Waals surface area (Å²) in [5.41, 5.74) is 2.53. The minimum absolute atomic E-state index is 0.559. The molecule has 2 heterocycles. The number of nitrogens with zero attached hydrogens (tertiary/aromatic N) is 4. The predicted molar refractivity (Wildman–Crippen MR) is 94.9 cm³/mol. The minimum Gasteiger partial charge on any atom is -0.495 e. The first-order valence-corrected chi connectivity index (χ1v) is 8.09. The zero-order valence-electron chi connectivity index (χ0n) is 14.9. The summed E-state index contributed by atoms with van der Waals surface area (Å²) >= 11 is 0. The maximum atomic E-state index is 10.1. The fraction of sp³-hybridized carbons (Fsp3) is 0.316. The Kier molecular flexibility index (Phi) is 4.55. The Hall–Kier alpha value is -2.73. The Bertz CT molecular complexity index is 881. The lowest BCUT2D eigenvalue weighted by atomic mass is 10.1. The van der Waals surface area contributed by atoms with E-state index in [9.17, 15) is 5.11 Å². The van der Waals surface area contributed by atoms with Gasteiger partial charge in [-0.2, -0.15) is 0 Å². The molecule has 0 saturated heterocycles. The van der Waals surface area contributed by atoms with Crippen molar-refractivity contribution in [1.29, 1.82) is 0 Å². The molecule has 0 fully saturated rings. The van der Waals surface area contributed by atoms with E-state index >= 15 is 0 Å². The molecular weight excluding hydrogens is 316 g/mol. The molecule has 0 aliphatic carbocycles. The lowest BCUT2D eigenvalue weighted by Crippen LogP contribution is -2.18. The highest BCUT2D eigenvalue weighted by molar-refractivity contribution is 5.49. The molecule has 0 aliphatic heterocycles. The SMILES string of the molecule is COc1cc(Cc2nccc(C(C)(C)O)n2)ccc1-n1cnc(C)c1. The largest absolute Gasteiger partial charge is 0.495 e. The first kappa shape index (κ1) is 17.1. The van der Waals surface area contributed by atoms with Gasteiger partial charge in [0.05, 0.1) is 30.5 Å². The molecule has 3 aromatic rings. The van der Waals surface area contributed by atoms with Crippen LogP contribution in [0.15, 0.2) is 43.0 Å². The lowest BCUT2D eigenvalue weighted by molar-refractivity contribution is 0.0734. The molecule has 0 unspecified atom stereocenters. The van der Waals surface area contributed by atoms with E-state index in [1.807, 2.05) is 35.9 Å². The fourth-order valence-corrected chi connectivity index (χ4v) is 2.61. The van der Waals surface area contributed by atoms with Gasteiger partial charge in [-0.05, 0) is 44.5 Å². The predicted octanol–water partition coefficient (Wildman–Crippen LogP) is 2.80. The summed E-state index contributed by atoms with van der Waals surface area (Å²) in [6.45, 7) is 5.37. The van der Waals surface area contributed by atoms with Gasteiger partial charge in [0, 0.05) is 18.8 Å². The molecule has 0 spiro atoms. The van der Waals surface area contributed by atoms with Crippen LogP contribution in [0.3, 0.4) is 0 Å². The quantitative estimate of drug-likeness (QED) is 0.774. The van der Waals surface area contributed by atoms with Crippen LogP contribution in [0.2, 0.25) is 0 Å². The lowest BCUT2D eigenvalue weighted by Gasteiger charge is -2.17. The highest BCUT2D eigenvalue weighted by Gasteiger charge is 2.18. The zero-order valence-corrected chi connectivity index (χ0v) is 14.9. The summed E-state index contributed by atoms with van der Waals surface area (Å²) in [5, 5.41) is 10.1. The van der Waals surface area contributed by atoms with E-state index in [4.69, 9.17) is 4.74 Å². The molecule has 0 atom stereocenters. The van der Waals surface area contributed by atoms with Crippen LogP contribution in [-0.4, -0.2) is 31.7 Å². The van der Waals surface area contributed by atoms with E-state index in [-0.39, 0.29) is 0 Å². The Labute approximate surface area is 147 Å². The molecule has 3 rings (SSSR count). The number of benzene rings is 1. The van der Waals surface area contributed by atoms with E-state index in [2.05, 4.69) is 15.0 Å². The molecule has 2 aromatic heterocycles. The Balaban J connectivity index is 1.89. The number of aryl methyl sites for hydroxylation is 1. The molecule has 0 amide bonds. The molecular formula is C19H22N4O2. The second-order valence-electron chi connectivity index (χ2n) is 6.52. The third-order valence-corrected chi connectivity index (χ3v) is 3.93. The van der Waals surface area contributed by atoms with Gasteiger partial charge in [0.25, 0.3) is 0 Å². The van der Waals surface area contributed by atoms with Crippen LogP contribution in [0.25, 0.3) is 5.69 Å². The van der Waals surface area contributed by atoms with E-state index in [1.54, 1.807) is 39.5 Å². The van der Waals surface area contributed by atoms with Gasteiger partial charge in [-0.3, -0.25) is 0 Å². The number of methoxy groups -OCH3 is 1. The average molecular weight is 338 g/mol. The van der Waals surface area contributed by atoms with Gasteiger partial charge in [-0.25, -0.2) is 15.0 Å². The number of hydrogen-bond donors (Lipinski definition) is 1.